The summed E-state index contributed by atoms with van der Waals surface area (Å²) in [5.74, 6) is -0.293. The van der Waals surface area contributed by atoms with E-state index < -0.39 is 19.6 Å². The summed E-state index contributed by atoms with van der Waals surface area (Å²) in [6, 6.07) is 10.4. The molecule has 2 aromatic carbocycles. The van der Waals surface area contributed by atoms with Crippen molar-refractivity contribution in [1.82, 2.24) is 0 Å². The van der Waals surface area contributed by atoms with Gasteiger partial charge in [0.2, 0.25) is 13.6 Å². The number of carbonyl (C=O) groups is 1. The molecule has 0 radical (unpaired) electrons. The molecule has 0 aliphatic rings. The predicted molar refractivity (Wildman–Crippen MR) is 136 cm³/mol. The maximum Gasteiger partial charge on any atom is 0.310 e. The van der Waals surface area contributed by atoms with Crippen LogP contribution in [-0.4, -0.2) is 24.8 Å². The zero-order valence-electron chi connectivity index (χ0n) is 19.8. The summed E-state index contributed by atoms with van der Waals surface area (Å²) in [5, 5.41) is 0. The monoisotopic (exact) mass is 532 g/mol. The molecule has 0 aromatic heterocycles. The van der Waals surface area contributed by atoms with E-state index in [-0.39, 0.29) is 35.7 Å². The highest BCUT2D eigenvalue weighted by atomic mass is 35.6. The lowest BCUT2D eigenvalue weighted by Gasteiger charge is -2.23. The molecule has 33 heavy (non-hydrogen) atoms. The zero-order chi connectivity index (χ0) is 25.1. The van der Waals surface area contributed by atoms with Gasteiger partial charge in [0.15, 0.2) is 0 Å². The Morgan fingerprint density at radius 1 is 0.909 bits per heavy atom. The van der Waals surface area contributed by atoms with E-state index in [2.05, 4.69) is 13.8 Å². The minimum absolute atomic E-state index is 0.0195. The number of rotatable bonds is 8. The first kappa shape index (κ1) is 28.0. The Hall–Kier alpha value is -1.27. The number of hydrogen-bond donors (Lipinski definition) is 0. The summed E-state index contributed by atoms with van der Waals surface area (Å²) >= 11 is 16.9. The van der Waals surface area contributed by atoms with Crippen molar-refractivity contribution >= 4 is 50.6 Å². The summed E-state index contributed by atoms with van der Waals surface area (Å²) in [7, 11) is -3.84. The van der Waals surface area contributed by atoms with Crippen LogP contribution in [0.5, 0.6) is 0 Å². The Balaban J connectivity index is 2.54. The quantitative estimate of drug-likeness (QED) is 0.263. The molecule has 0 N–H and O–H groups in total. The van der Waals surface area contributed by atoms with E-state index in [1.165, 1.54) is 6.07 Å². The topological polar surface area (TPSA) is 60.4 Å². The van der Waals surface area contributed by atoms with Crippen LogP contribution in [0.1, 0.15) is 81.5 Å². The molecule has 0 fully saturated rings. The van der Waals surface area contributed by atoms with Gasteiger partial charge in [-0.05, 0) is 52.1 Å². The molecule has 0 spiro atoms. The number of benzene rings is 2. The second kappa shape index (κ2) is 11.0. The van der Waals surface area contributed by atoms with Gasteiger partial charge in [0.25, 0.3) is 0 Å². The lowest BCUT2D eigenvalue weighted by molar-refractivity contribution is -0.142. The summed E-state index contributed by atoms with van der Waals surface area (Å²) in [6.45, 7) is 11.8. The van der Waals surface area contributed by atoms with Crippen molar-refractivity contribution < 1.29 is 17.9 Å². The summed E-state index contributed by atoms with van der Waals surface area (Å²) in [4.78, 5) is 12.6. The van der Waals surface area contributed by atoms with Gasteiger partial charge in [-0.2, -0.15) is 0 Å². The number of carbonyl (C=O) groups excluding carboxylic acids is 1. The molecule has 2 aromatic rings. The fraction of sp³-hybridized carbons (Fsp3) is 0.480. The van der Waals surface area contributed by atoms with Crippen molar-refractivity contribution in [2.45, 2.75) is 79.3 Å². The maximum absolute atomic E-state index is 13.9. The molecule has 0 atom stereocenters. The number of sulfone groups is 1. The Morgan fingerprint density at radius 3 is 1.91 bits per heavy atom. The van der Waals surface area contributed by atoms with Crippen LogP contribution in [0, 0.1) is 0 Å². The van der Waals surface area contributed by atoms with Gasteiger partial charge in [0.1, 0.15) is 6.61 Å². The number of ether oxygens (including phenoxy) is 1. The average Bonchev–Trinajstić information content (AvgIpc) is 2.70. The van der Waals surface area contributed by atoms with Crippen molar-refractivity contribution in [3.05, 3.63) is 58.7 Å². The third-order valence-electron chi connectivity index (χ3n) is 5.30. The van der Waals surface area contributed by atoms with Crippen LogP contribution >= 0.6 is 34.8 Å². The molecular weight excluding hydrogens is 503 g/mol. The number of alkyl halides is 3. The van der Waals surface area contributed by atoms with Crippen LogP contribution in [0.15, 0.2) is 46.2 Å². The second-order valence-electron chi connectivity index (χ2n) is 9.10. The van der Waals surface area contributed by atoms with E-state index in [9.17, 15) is 13.2 Å². The lowest BCUT2D eigenvalue weighted by Crippen LogP contribution is -2.18. The van der Waals surface area contributed by atoms with Gasteiger partial charge in [0.05, 0.1) is 16.2 Å². The molecule has 182 valence electrons. The minimum atomic E-state index is -3.84. The van der Waals surface area contributed by atoms with E-state index in [0.29, 0.717) is 10.5 Å². The Kier molecular flexibility index (Phi) is 9.31. The first-order valence-corrected chi connectivity index (χ1v) is 13.5. The van der Waals surface area contributed by atoms with Crippen molar-refractivity contribution in [3.8, 4) is 0 Å². The average molecular weight is 534 g/mol. The van der Waals surface area contributed by atoms with E-state index in [1.807, 2.05) is 39.8 Å². The van der Waals surface area contributed by atoms with Crippen LogP contribution in [0.2, 0.25) is 0 Å². The van der Waals surface area contributed by atoms with Gasteiger partial charge >= 0.3 is 5.97 Å². The first-order chi connectivity index (χ1) is 15.1. The zero-order valence-corrected chi connectivity index (χ0v) is 22.9. The molecule has 0 heterocycles. The normalized spacial score (nSPS) is 12.6. The van der Waals surface area contributed by atoms with Gasteiger partial charge in [-0.25, -0.2) is 8.42 Å². The van der Waals surface area contributed by atoms with Crippen molar-refractivity contribution in [3.63, 3.8) is 0 Å². The first-order valence-electron chi connectivity index (χ1n) is 10.9. The molecule has 0 aliphatic carbocycles. The second-order valence-corrected chi connectivity index (χ2v) is 13.5. The molecule has 0 saturated carbocycles. The number of esters is 1. The van der Waals surface area contributed by atoms with Crippen molar-refractivity contribution in [1.29, 1.82) is 0 Å². The van der Waals surface area contributed by atoms with Crippen molar-refractivity contribution in [2.75, 3.05) is 6.61 Å². The third kappa shape index (κ3) is 7.35. The third-order valence-corrected chi connectivity index (χ3v) is 7.51. The predicted octanol–water partition coefficient (Wildman–Crippen LogP) is 7.35. The Labute approximate surface area is 212 Å². The molecule has 0 aliphatic heterocycles. The smallest absolute Gasteiger partial charge is 0.310 e. The molecule has 2 rings (SSSR count). The fourth-order valence-corrected chi connectivity index (χ4v) is 5.69. The van der Waals surface area contributed by atoms with E-state index in [1.54, 1.807) is 18.2 Å². The van der Waals surface area contributed by atoms with E-state index >= 15 is 0 Å². The van der Waals surface area contributed by atoms with Gasteiger partial charge in [-0.15, -0.1) is 0 Å². The molecule has 8 heteroatoms. The van der Waals surface area contributed by atoms with Crippen LogP contribution < -0.4 is 0 Å². The molecule has 0 bridgehead atoms. The Morgan fingerprint density at radius 2 is 1.45 bits per heavy atom. The van der Waals surface area contributed by atoms with Gasteiger partial charge in [-0.1, -0.05) is 101 Å². The van der Waals surface area contributed by atoms with Crippen LogP contribution in [0.25, 0.3) is 0 Å². The summed E-state index contributed by atoms with van der Waals surface area (Å²) < 4.78 is 31.1. The van der Waals surface area contributed by atoms with E-state index in [0.717, 1.165) is 16.7 Å². The van der Waals surface area contributed by atoms with Gasteiger partial charge in [0, 0.05) is 0 Å². The maximum atomic E-state index is 13.9. The number of halogens is 3. The molecule has 0 amide bonds. The van der Waals surface area contributed by atoms with Crippen LogP contribution in [0.3, 0.4) is 0 Å². The highest BCUT2D eigenvalue weighted by molar-refractivity contribution is 7.91. The largest absolute Gasteiger partial charge is 0.461 e. The Bertz CT molecular complexity index is 1070. The minimum Gasteiger partial charge on any atom is -0.461 e. The molecular formula is C25H31Cl3O4S. The standard InChI is InChI=1S/C25H31Cl3O4S/c1-15(2)19-12-21(16(3)4)24(22(13-19)17(5)6)33(30,31)20-9-7-8-18(10-20)11-23(29)32-14-25(26,27)28/h7-10,12-13,15-17H,11,14H2,1-6H3. The molecule has 4 nitrogen and oxygen atoms in total. The fourth-order valence-electron chi connectivity index (χ4n) is 3.52. The lowest BCUT2D eigenvalue weighted by atomic mass is 9.89. The summed E-state index contributed by atoms with van der Waals surface area (Å²) in [6.07, 6.45) is -0.134. The summed E-state index contributed by atoms with van der Waals surface area (Å²) in [5.41, 5.74) is 3.22. The van der Waals surface area contributed by atoms with E-state index in [4.69, 9.17) is 39.5 Å². The molecule has 0 unspecified atom stereocenters. The van der Waals surface area contributed by atoms with Gasteiger partial charge < -0.3 is 4.74 Å². The SMILES string of the molecule is CC(C)c1cc(C(C)C)c(S(=O)(=O)c2cccc(CC(=O)OCC(Cl)(Cl)Cl)c2)c(C(C)C)c1. The number of hydrogen-bond acceptors (Lipinski definition) is 4. The highest BCUT2D eigenvalue weighted by Crippen LogP contribution is 2.38. The van der Waals surface area contributed by atoms with Crippen LogP contribution in [-0.2, 0) is 25.8 Å². The van der Waals surface area contributed by atoms with Crippen LogP contribution in [0.4, 0.5) is 0 Å². The highest BCUT2D eigenvalue weighted by Gasteiger charge is 2.29. The van der Waals surface area contributed by atoms with Gasteiger partial charge in [-0.3, -0.25) is 4.79 Å². The van der Waals surface area contributed by atoms with Crippen molar-refractivity contribution in [2.24, 2.45) is 0 Å². The molecule has 0 saturated heterocycles.